The summed E-state index contributed by atoms with van der Waals surface area (Å²) < 4.78 is 0. The number of nitrogens with one attached hydrogen (secondary N) is 1. The van der Waals surface area contributed by atoms with Gasteiger partial charge >= 0.3 is 5.69 Å². The predicted molar refractivity (Wildman–Crippen MR) is 82.3 cm³/mol. The quantitative estimate of drug-likeness (QED) is 0.663. The zero-order valence-corrected chi connectivity index (χ0v) is 12.6. The van der Waals surface area contributed by atoms with E-state index in [-0.39, 0.29) is 17.9 Å². The molecule has 0 atom stereocenters. The first-order chi connectivity index (χ1) is 9.88. The van der Waals surface area contributed by atoms with Crippen molar-refractivity contribution in [3.05, 3.63) is 34.6 Å². The lowest BCUT2D eigenvalue weighted by molar-refractivity contribution is -0.384. The summed E-state index contributed by atoms with van der Waals surface area (Å²) in [5.74, 6) is 0. The smallest absolute Gasteiger partial charge is 0.312 e. The van der Waals surface area contributed by atoms with Crippen LogP contribution in [0.1, 0.15) is 27.7 Å². The normalized spacial score (nSPS) is 10.7. The summed E-state index contributed by atoms with van der Waals surface area (Å²) in [6.07, 6.45) is 2.74. The highest BCUT2D eigenvalue weighted by Crippen LogP contribution is 2.30. The molecule has 0 aromatic carbocycles. The van der Waals surface area contributed by atoms with Gasteiger partial charge in [0.1, 0.15) is 17.4 Å². The SMILES string of the molecule is CC.CC(C)(O)CNc1c([N+](=O)[O-])cnc2cccnc12. The first kappa shape index (κ1) is 16.8. The lowest BCUT2D eigenvalue weighted by Crippen LogP contribution is -2.29. The van der Waals surface area contributed by atoms with Crippen molar-refractivity contribution in [2.45, 2.75) is 33.3 Å². The van der Waals surface area contributed by atoms with Crippen LogP contribution in [0.4, 0.5) is 11.4 Å². The minimum absolute atomic E-state index is 0.157. The molecule has 21 heavy (non-hydrogen) atoms. The highest BCUT2D eigenvalue weighted by atomic mass is 16.6. The number of pyridine rings is 2. The second-order valence-electron chi connectivity index (χ2n) is 4.81. The van der Waals surface area contributed by atoms with Gasteiger partial charge in [-0.1, -0.05) is 13.8 Å². The van der Waals surface area contributed by atoms with Crippen molar-refractivity contribution in [2.75, 3.05) is 11.9 Å². The fourth-order valence-electron chi connectivity index (χ4n) is 1.63. The number of anilines is 1. The van der Waals surface area contributed by atoms with Gasteiger partial charge in [0.25, 0.3) is 0 Å². The van der Waals surface area contributed by atoms with Crippen LogP contribution in [-0.2, 0) is 0 Å². The number of nitro groups is 1. The van der Waals surface area contributed by atoms with Crippen molar-refractivity contribution in [3.8, 4) is 0 Å². The molecule has 0 bridgehead atoms. The van der Waals surface area contributed by atoms with Gasteiger partial charge < -0.3 is 10.4 Å². The van der Waals surface area contributed by atoms with E-state index in [4.69, 9.17) is 0 Å². The molecule has 0 saturated carbocycles. The summed E-state index contributed by atoms with van der Waals surface area (Å²) in [4.78, 5) is 18.6. The van der Waals surface area contributed by atoms with E-state index < -0.39 is 10.5 Å². The largest absolute Gasteiger partial charge is 0.389 e. The predicted octanol–water partition coefficient (Wildman–Crippen LogP) is 2.75. The number of nitrogens with zero attached hydrogens (tertiary/aromatic N) is 3. The molecule has 7 nitrogen and oxygen atoms in total. The second kappa shape index (κ2) is 6.94. The summed E-state index contributed by atoms with van der Waals surface area (Å²) >= 11 is 0. The van der Waals surface area contributed by atoms with E-state index in [0.29, 0.717) is 11.0 Å². The third-order valence-corrected chi connectivity index (χ3v) is 2.50. The molecule has 0 amide bonds. The van der Waals surface area contributed by atoms with Gasteiger partial charge in [0.15, 0.2) is 0 Å². The van der Waals surface area contributed by atoms with E-state index in [1.165, 1.54) is 6.20 Å². The van der Waals surface area contributed by atoms with Crippen molar-refractivity contribution in [2.24, 2.45) is 0 Å². The van der Waals surface area contributed by atoms with Crippen molar-refractivity contribution in [3.63, 3.8) is 0 Å². The van der Waals surface area contributed by atoms with Crippen molar-refractivity contribution < 1.29 is 10.0 Å². The molecule has 0 spiro atoms. The van der Waals surface area contributed by atoms with Crippen LogP contribution in [-0.4, -0.2) is 32.1 Å². The number of aliphatic hydroxyl groups is 1. The van der Waals surface area contributed by atoms with E-state index in [0.717, 1.165) is 0 Å². The number of hydrogen-bond donors (Lipinski definition) is 2. The van der Waals surface area contributed by atoms with Crippen LogP contribution in [0.15, 0.2) is 24.5 Å². The van der Waals surface area contributed by atoms with Gasteiger partial charge in [-0.25, -0.2) is 4.98 Å². The monoisotopic (exact) mass is 292 g/mol. The Kier molecular flexibility index (Phi) is 5.54. The van der Waals surface area contributed by atoms with Crippen molar-refractivity contribution in [1.82, 2.24) is 9.97 Å². The standard InChI is InChI=1S/C12H14N4O3.C2H6/c1-12(2,17)7-15-11-9(16(18)19)6-14-8-4-3-5-13-10(8)11;1-2/h3-6,17H,7H2,1-2H3,(H,14,15);1-2H3. The average Bonchev–Trinajstić information content (AvgIpc) is 2.45. The Morgan fingerprint density at radius 3 is 2.62 bits per heavy atom. The van der Waals surface area contributed by atoms with Crippen LogP contribution in [0.3, 0.4) is 0 Å². The van der Waals surface area contributed by atoms with Crippen LogP contribution in [0, 0.1) is 10.1 Å². The van der Waals surface area contributed by atoms with Crippen LogP contribution >= 0.6 is 0 Å². The Balaban J connectivity index is 0.00000106. The zero-order chi connectivity index (χ0) is 16.0. The van der Waals surface area contributed by atoms with Gasteiger partial charge in [0.2, 0.25) is 0 Å². The lowest BCUT2D eigenvalue weighted by atomic mass is 10.1. The molecule has 0 aliphatic rings. The molecule has 2 aromatic rings. The van der Waals surface area contributed by atoms with Gasteiger partial charge in [-0.05, 0) is 26.0 Å². The summed E-state index contributed by atoms with van der Waals surface area (Å²) in [5, 5.41) is 23.6. The average molecular weight is 292 g/mol. The molecule has 2 aromatic heterocycles. The topological polar surface area (TPSA) is 101 Å². The zero-order valence-electron chi connectivity index (χ0n) is 12.6. The van der Waals surface area contributed by atoms with Gasteiger partial charge in [0, 0.05) is 12.7 Å². The van der Waals surface area contributed by atoms with E-state index in [9.17, 15) is 15.2 Å². The number of rotatable bonds is 4. The second-order valence-corrected chi connectivity index (χ2v) is 4.81. The highest BCUT2D eigenvalue weighted by Gasteiger charge is 2.21. The minimum atomic E-state index is -0.988. The molecule has 2 rings (SSSR count). The molecule has 0 aliphatic heterocycles. The third-order valence-electron chi connectivity index (χ3n) is 2.50. The maximum Gasteiger partial charge on any atom is 0.312 e. The van der Waals surface area contributed by atoms with E-state index in [1.54, 1.807) is 32.2 Å². The highest BCUT2D eigenvalue weighted by molar-refractivity contribution is 5.92. The maximum absolute atomic E-state index is 11.0. The van der Waals surface area contributed by atoms with Gasteiger partial charge in [-0.3, -0.25) is 15.1 Å². The maximum atomic E-state index is 11.0. The van der Waals surface area contributed by atoms with E-state index >= 15 is 0 Å². The molecule has 0 saturated heterocycles. The fourth-order valence-corrected chi connectivity index (χ4v) is 1.63. The van der Waals surface area contributed by atoms with E-state index in [2.05, 4.69) is 15.3 Å². The molecule has 0 aliphatic carbocycles. The Bertz CT molecular complexity index is 623. The number of aromatic nitrogens is 2. The molecule has 0 fully saturated rings. The van der Waals surface area contributed by atoms with Gasteiger partial charge in [0.05, 0.1) is 16.0 Å². The summed E-state index contributed by atoms with van der Waals surface area (Å²) in [5.41, 5.74) is 0.110. The van der Waals surface area contributed by atoms with Crippen LogP contribution in [0.5, 0.6) is 0 Å². The molecule has 114 valence electrons. The summed E-state index contributed by atoms with van der Waals surface area (Å²) in [7, 11) is 0. The molecule has 0 unspecified atom stereocenters. The first-order valence-electron chi connectivity index (χ1n) is 6.73. The van der Waals surface area contributed by atoms with Gasteiger partial charge in [-0.2, -0.15) is 0 Å². The van der Waals surface area contributed by atoms with Crippen LogP contribution in [0.2, 0.25) is 0 Å². The molecular weight excluding hydrogens is 272 g/mol. The summed E-state index contributed by atoms with van der Waals surface area (Å²) in [6.45, 7) is 7.40. The van der Waals surface area contributed by atoms with Gasteiger partial charge in [-0.15, -0.1) is 0 Å². The first-order valence-corrected chi connectivity index (χ1v) is 6.73. The Morgan fingerprint density at radius 2 is 2.05 bits per heavy atom. The molecule has 0 radical (unpaired) electrons. The van der Waals surface area contributed by atoms with Crippen LogP contribution in [0.25, 0.3) is 11.0 Å². The van der Waals surface area contributed by atoms with E-state index in [1.807, 2.05) is 13.8 Å². The molecule has 2 heterocycles. The molecular formula is C14H20N4O3. The number of hydrogen-bond acceptors (Lipinski definition) is 6. The number of fused-ring (bicyclic) bond motifs is 1. The fraction of sp³-hybridized carbons (Fsp3) is 0.429. The Hall–Kier alpha value is -2.28. The lowest BCUT2D eigenvalue weighted by Gasteiger charge is -2.18. The molecule has 7 heteroatoms. The Morgan fingerprint density at radius 1 is 1.38 bits per heavy atom. The minimum Gasteiger partial charge on any atom is -0.389 e. The van der Waals surface area contributed by atoms with Crippen LogP contribution < -0.4 is 5.32 Å². The van der Waals surface area contributed by atoms with Crippen molar-refractivity contribution in [1.29, 1.82) is 0 Å². The third kappa shape index (κ3) is 4.35. The molecule has 2 N–H and O–H groups in total. The Labute approximate surface area is 123 Å². The summed E-state index contributed by atoms with van der Waals surface area (Å²) in [6, 6.07) is 3.43. The van der Waals surface area contributed by atoms with Crippen molar-refractivity contribution >= 4 is 22.4 Å².